The Kier molecular flexibility index (Phi) is 2.60. The van der Waals surface area contributed by atoms with E-state index in [0.717, 1.165) is 5.56 Å². The number of nitro groups is 1. The third kappa shape index (κ3) is 2.23. The molecule has 0 radical (unpaired) electrons. The first-order valence-corrected chi connectivity index (χ1v) is 5.57. The number of nitro benzene ring substituents is 1. The molecule has 0 fully saturated rings. The van der Waals surface area contributed by atoms with Gasteiger partial charge in [-0.25, -0.2) is 4.98 Å². The first-order valence-electron chi connectivity index (χ1n) is 5.57. The number of furan rings is 1. The summed E-state index contributed by atoms with van der Waals surface area (Å²) in [6.45, 7) is 0. The number of nitrogens with one attached hydrogen (secondary N) is 1. The van der Waals surface area contributed by atoms with Gasteiger partial charge >= 0.3 is 0 Å². The van der Waals surface area contributed by atoms with Crippen LogP contribution in [-0.2, 0) is 0 Å². The summed E-state index contributed by atoms with van der Waals surface area (Å²) in [5.41, 5.74) is 2.30. The average Bonchev–Trinajstić information content (AvgIpc) is 3.04. The molecule has 2 heterocycles. The Balaban J connectivity index is 1.95. The lowest BCUT2D eigenvalue weighted by molar-refractivity contribution is -0.384. The molecule has 0 aliphatic heterocycles. The minimum Gasteiger partial charge on any atom is -0.472 e. The predicted octanol–water partition coefficient (Wildman–Crippen LogP) is 3.23. The van der Waals surface area contributed by atoms with Gasteiger partial charge in [-0.3, -0.25) is 10.1 Å². The number of hydrogen-bond donors (Lipinski definition) is 1. The van der Waals surface area contributed by atoms with Crippen LogP contribution in [0.3, 0.4) is 0 Å². The highest BCUT2D eigenvalue weighted by Gasteiger charge is 2.08. The molecule has 3 aromatic rings. The molecule has 0 unspecified atom stereocenters. The zero-order valence-electron chi connectivity index (χ0n) is 9.74. The maximum atomic E-state index is 10.7. The third-order valence-electron chi connectivity index (χ3n) is 2.67. The van der Waals surface area contributed by atoms with Gasteiger partial charge < -0.3 is 9.40 Å². The monoisotopic (exact) mass is 255 g/mol. The number of rotatable bonds is 3. The minimum absolute atomic E-state index is 0.0431. The molecule has 0 aliphatic carbocycles. The van der Waals surface area contributed by atoms with E-state index < -0.39 is 4.92 Å². The number of imidazole rings is 1. The molecule has 0 spiro atoms. The first-order chi connectivity index (χ1) is 9.22. The van der Waals surface area contributed by atoms with Crippen LogP contribution in [0.4, 0.5) is 5.69 Å². The van der Waals surface area contributed by atoms with Gasteiger partial charge in [-0.05, 0) is 24.3 Å². The molecule has 2 aromatic heterocycles. The van der Waals surface area contributed by atoms with Crippen LogP contribution < -0.4 is 0 Å². The zero-order chi connectivity index (χ0) is 13.2. The quantitative estimate of drug-likeness (QED) is 0.575. The van der Waals surface area contributed by atoms with Crippen LogP contribution >= 0.6 is 0 Å². The molecule has 0 saturated carbocycles. The number of hydrogen-bond acceptors (Lipinski definition) is 4. The molecule has 94 valence electrons. The van der Waals surface area contributed by atoms with Gasteiger partial charge in [-0.15, -0.1) is 0 Å². The van der Waals surface area contributed by atoms with Crippen molar-refractivity contribution in [3.63, 3.8) is 0 Å². The van der Waals surface area contributed by atoms with Crippen molar-refractivity contribution in [1.82, 2.24) is 9.97 Å². The fraction of sp³-hybridized carbons (Fsp3) is 0. The van der Waals surface area contributed by atoms with Gasteiger partial charge in [0.25, 0.3) is 5.69 Å². The van der Waals surface area contributed by atoms with E-state index >= 15 is 0 Å². The Morgan fingerprint density at radius 3 is 2.95 bits per heavy atom. The Bertz CT molecular complexity index is 757. The van der Waals surface area contributed by atoms with Gasteiger partial charge in [0.15, 0.2) is 0 Å². The summed E-state index contributed by atoms with van der Waals surface area (Å²) in [5.74, 6) is 0.636. The number of benzene rings is 1. The highest BCUT2D eigenvalue weighted by atomic mass is 16.6. The van der Waals surface area contributed by atoms with Crippen molar-refractivity contribution >= 4 is 28.9 Å². The van der Waals surface area contributed by atoms with E-state index in [0.29, 0.717) is 16.9 Å². The van der Waals surface area contributed by atoms with E-state index in [1.54, 1.807) is 24.7 Å². The minimum atomic E-state index is -0.429. The summed E-state index contributed by atoms with van der Waals surface area (Å²) in [7, 11) is 0. The zero-order valence-corrected chi connectivity index (χ0v) is 9.74. The summed E-state index contributed by atoms with van der Waals surface area (Å²) < 4.78 is 4.95. The number of fused-ring (bicyclic) bond motifs is 1. The van der Waals surface area contributed by atoms with Crippen LogP contribution in [-0.4, -0.2) is 14.9 Å². The van der Waals surface area contributed by atoms with Gasteiger partial charge in [0.2, 0.25) is 0 Å². The number of aromatic nitrogens is 2. The smallest absolute Gasteiger partial charge is 0.271 e. The van der Waals surface area contributed by atoms with Gasteiger partial charge in [0.05, 0.1) is 28.5 Å². The van der Waals surface area contributed by atoms with Crippen molar-refractivity contribution in [3.05, 3.63) is 58.3 Å². The molecule has 0 aliphatic rings. The Hall–Kier alpha value is -2.89. The Morgan fingerprint density at radius 2 is 2.21 bits per heavy atom. The Labute approximate surface area is 107 Å². The molecule has 3 rings (SSSR count). The van der Waals surface area contributed by atoms with Gasteiger partial charge in [-0.2, -0.15) is 0 Å². The molecule has 6 heteroatoms. The summed E-state index contributed by atoms with van der Waals surface area (Å²) >= 11 is 0. The number of non-ortho nitro benzene ring substituents is 1. The summed E-state index contributed by atoms with van der Waals surface area (Å²) in [5, 5.41) is 10.7. The number of aromatic amines is 1. The molecule has 1 aromatic carbocycles. The van der Waals surface area contributed by atoms with Gasteiger partial charge in [0, 0.05) is 17.7 Å². The maximum absolute atomic E-state index is 10.7. The van der Waals surface area contributed by atoms with E-state index in [-0.39, 0.29) is 5.69 Å². The average molecular weight is 255 g/mol. The fourth-order valence-electron chi connectivity index (χ4n) is 1.75. The Morgan fingerprint density at radius 1 is 1.32 bits per heavy atom. The van der Waals surface area contributed by atoms with Crippen LogP contribution in [0.5, 0.6) is 0 Å². The van der Waals surface area contributed by atoms with Crippen LogP contribution in [0.25, 0.3) is 23.2 Å². The number of nitrogens with zero attached hydrogens (tertiary/aromatic N) is 2. The highest BCUT2D eigenvalue weighted by molar-refractivity contribution is 5.80. The number of H-pyrrole nitrogens is 1. The molecular weight excluding hydrogens is 246 g/mol. The fourth-order valence-corrected chi connectivity index (χ4v) is 1.75. The molecule has 0 saturated heterocycles. The summed E-state index contributed by atoms with van der Waals surface area (Å²) in [6.07, 6.45) is 6.83. The second-order valence-corrected chi connectivity index (χ2v) is 3.97. The van der Waals surface area contributed by atoms with Crippen LogP contribution in [0.15, 0.2) is 41.2 Å². The molecule has 1 N–H and O–H groups in total. The van der Waals surface area contributed by atoms with Crippen molar-refractivity contribution in [3.8, 4) is 0 Å². The van der Waals surface area contributed by atoms with E-state index in [1.165, 1.54) is 12.1 Å². The molecule has 0 atom stereocenters. The normalized spacial score (nSPS) is 11.4. The lowest BCUT2D eigenvalue weighted by Gasteiger charge is -1.89. The molecular formula is C13H9N3O3. The molecule has 19 heavy (non-hydrogen) atoms. The van der Waals surface area contributed by atoms with Crippen molar-refractivity contribution in [2.45, 2.75) is 0 Å². The third-order valence-corrected chi connectivity index (χ3v) is 2.67. The molecule has 0 amide bonds. The standard InChI is InChI=1S/C13H9N3O3/c17-16(18)10-2-3-11-12(7-10)15-13(14-11)4-1-9-5-6-19-8-9/h1-8H,(H,14,15)/b4-1+. The van der Waals surface area contributed by atoms with E-state index in [1.807, 2.05) is 12.1 Å². The van der Waals surface area contributed by atoms with Crippen LogP contribution in [0.1, 0.15) is 11.4 Å². The largest absolute Gasteiger partial charge is 0.472 e. The maximum Gasteiger partial charge on any atom is 0.271 e. The topological polar surface area (TPSA) is 85.0 Å². The van der Waals surface area contributed by atoms with E-state index in [4.69, 9.17) is 4.42 Å². The summed E-state index contributed by atoms with van der Waals surface area (Å²) in [6, 6.07) is 6.35. The molecule has 0 bridgehead atoms. The SMILES string of the molecule is O=[N+]([O-])c1ccc2nc(/C=C/c3ccoc3)[nH]c2c1. The van der Waals surface area contributed by atoms with Crippen LogP contribution in [0.2, 0.25) is 0 Å². The first kappa shape index (κ1) is 11.2. The van der Waals surface area contributed by atoms with Crippen LogP contribution in [0, 0.1) is 10.1 Å². The van der Waals surface area contributed by atoms with Gasteiger partial charge in [0.1, 0.15) is 5.82 Å². The second-order valence-electron chi connectivity index (χ2n) is 3.97. The summed E-state index contributed by atoms with van der Waals surface area (Å²) in [4.78, 5) is 17.6. The lowest BCUT2D eigenvalue weighted by atomic mass is 10.3. The molecule has 6 nitrogen and oxygen atoms in total. The van der Waals surface area contributed by atoms with Crippen molar-refractivity contribution in [1.29, 1.82) is 0 Å². The second kappa shape index (κ2) is 4.41. The lowest BCUT2D eigenvalue weighted by Crippen LogP contribution is -1.86. The van der Waals surface area contributed by atoms with Crippen molar-refractivity contribution in [2.24, 2.45) is 0 Å². The predicted molar refractivity (Wildman–Crippen MR) is 70.4 cm³/mol. The van der Waals surface area contributed by atoms with E-state index in [9.17, 15) is 10.1 Å². The van der Waals surface area contributed by atoms with Crippen molar-refractivity contribution < 1.29 is 9.34 Å². The highest BCUT2D eigenvalue weighted by Crippen LogP contribution is 2.19. The van der Waals surface area contributed by atoms with Gasteiger partial charge in [-0.1, -0.05) is 0 Å². The van der Waals surface area contributed by atoms with Crippen molar-refractivity contribution in [2.75, 3.05) is 0 Å². The van der Waals surface area contributed by atoms with E-state index in [2.05, 4.69) is 9.97 Å².